The third-order valence-corrected chi connectivity index (χ3v) is 5.64. The number of aromatic hydroxyl groups is 2. The maximum atomic E-state index is 10.4. The first kappa shape index (κ1) is 28.5. The van der Waals surface area contributed by atoms with Crippen LogP contribution >= 0.6 is 0 Å². The van der Waals surface area contributed by atoms with E-state index >= 15 is 0 Å². The van der Waals surface area contributed by atoms with Gasteiger partial charge in [-0.15, -0.1) is 0 Å². The first-order valence-corrected chi connectivity index (χ1v) is 12.0. The zero-order chi connectivity index (χ0) is 25.9. The molecule has 38 heavy (non-hydrogen) atoms. The van der Waals surface area contributed by atoms with Crippen molar-refractivity contribution in [3.05, 3.63) is 144 Å². The van der Waals surface area contributed by atoms with Crippen molar-refractivity contribution in [3.8, 4) is 22.6 Å². The number of rotatable bonds is 5. The predicted molar refractivity (Wildman–Crippen MR) is 154 cm³/mol. The van der Waals surface area contributed by atoms with Crippen LogP contribution in [0, 0.1) is 6.92 Å². The van der Waals surface area contributed by atoms with Crippen LogP contribution in [0.5, 0.6) is 11.5 Å². The van der Waals surface area contributed by atoms with Gasteiger partial charge in [0.05, 0.1) is 11.4 Å². The molecule has 0 aromatic heterocycles. The SMILES string of the molecule is Cc1cccc(C=Nc2ccccc2)c1O.Oc1c(C=Nc2ccccc2)cccc1-c1ccccc1.[Zr]. The quantitative estimate of drug-likeness (QED) is 0.207. The summed E-state index contributed by atoms with van der Waals surface area (Å²) in [6, 6.07) is 40.5. The Morgan fingerprint density at radius 3 is 1.47 bits per heavy atom. The number of phenols is 2. The van der Waals surface area contributed by atoms with Gasteiger partial charge in [-0.25, -0.2) is 0 Å². The summed E-state index contributed by atoms with van der Waals surface area (Å²) in [5, 5.41) is 20.2. The Morgan fingerprint density at radius 1 is 0.500 bits per heavy atom. The molecule has 0 saturated heterocycles. The van der Waals surface area contributed by atoms with Crippen molar-refractivity contribution in [2.75, 3.05) is 0 Å². The van der Waals surface area contributed by atoms with E-state index in [4.69, 9.17) is 0 Å². The van der Waals surface area contributed by atoms with E-state index < -0.39 is 0 Å². The Kier molecular flexibility index (Phi) is 11.0. The van der Waals surface area contributed by atoms with Crippen molar-refractivity contribution in [2.45, 2.75) is 6.92 Å². The van der Waals surface area contributed by atoms with E-state index in [-0.39, 0.29) is 32.0 Å². The van der Waals surface area contributed by atoms with Gasteiger partial charge in [0.25, 0.3) is 0 Å². The number of hydrogen-bond donors (Lipinski definition) is 2. The number of nitrogens with zero attached hydrogens (tertiary/aromatic N) is 2. The molecule has 2 N–H and O–H groups in total. The van der Waals surface area contributed by atoms with Gasteiger partial charge in [0.15, 0.2) is 0 Å². The number of para-hydroxylation sites is 4. The standard InChI is InChI=1S/C19H15NO.C14H13NO.Zr/c21-19-16(14-20-17-11-5-2-6-12-17)10-7-13-18(19)15-8-3-1-4-9-15;1-11-6-5-7-12(14(11)16)10-15-13-8-3-2-4-9-13;/h1-14,21H;2-10,16H,1H3;. The number of aliphatic imine (C=N–C) groups is 2. The molecular formula is C33H28N2O2Zr. The van der Waals surface area contributed by atoms with Crippen LogP contribution in [0.3, 0.4) is 0 Å². The monoisotopic (exact) mass is 574 g/mol. The average Bonchev–Trinajstić information content (AvgIpc) is 2.95. The molecular weight excluding hydrogens is 548 g/mol. The van der Waals surface area contributed by atoms with Crippen LogP contribution < -0.4 is 0 Å². The van der Waals surface area contributed by atoms with Crippen LogP contribution in [-0.4, -0.2) is 22.6 Å². The fourth-order valence-corrected chi connectivity index (χ4v) is 3.62. The van der Waals surface area contributed by atoms with Crippen molar-refractivity contribution in [1.29, 1.82) is 0 Å². The molecule has 0 radical (unpaired) electrons. The second-order valence-electron chi connectivity index (χ2n) is 8.31. The summed E-state index contributed by atoms with van der Waals surface area (Å²) in [6.07, 6.45) is 3.37. The normalized spacial score (nSPS) is 10.6. The molecule has 0 heterocycles. The molecule has 0 aliphatic carbocycles. The zero-order valence-corrected chi connectivity index (χ0v) is 23.5. The van der Waals surface area contributed by atoms with E-state index in [9.17, 15) is 10.2 Å². The van der Waals surface area contributed by atoms with Crippen molar-refractivity contribution in [1.82, 2.24) is 0 Å². The Hall–Kier alpha value is -4.08. The summed E-state index contributed by atoms with van der Waals surface area (Å²) in [7, 11) is 0. The van der Waals surface area contributed by atoms with E-state index in [0.29, 0.717) is 11.3 Å². The van der Waals surface area contributed by atoms with Crippen LogP contribution in [0.1, 0.15) is 16.7 Å². The zero-order valence-electron chi connectivity index (χ0n) is 21.1. The van der Waals surface area contributed by atoms with Crippen LogP contribution in [-0.2, 0) is 26.2 Å². The van der Waals surface area contributed by atoms with Crippen LogP contribution in [0.15, 0.2) is 137 Å². The molecule has 5 rings (SSSR count). The number of phenolic OH excluding ortho intramolecular Hbond substituents is 2. The second kappa shape index (κ2) is 14.6. The molecule has 0 aliphatic heterocycles. The Balaban J connectivity index is 0.000000213. The minimum absolute atomic E-state index is 0. The third-order valence-electron chi connectivity index (χ3n) is 5.64. The fourth-order valence-electron chi connectivity index (χ4n) is 3.62. The van der Waals surface area contributed by atoms with Crippen LogP contribution in [0.25, 0.3) is 11.1 Å². The largest absolute Gasteiger partial charge is 0.507 e. The van der Waals surface area contributed by atoms with Gasteiger partial charge in [-0.2, -0.15) is 0 Å². The Bertz CT molecular complexity index is 1490. The molecule has 5 aromatic rings. The summed E-state index contributed by atoms with van der Waals surface area (Å²) in [4.78, 5) is 8.68. The molecule has 0 bridgehead atoms. The predicted octanol–water partition coefficient (Wildman–Crippen LogP) is 8.26. The van der Waals surface area contributed by atoms with Crippen molar-refractivity contribution >= 4 is 23.8 Å². The van der Waals surface area contributed by atoms with E-state index in [1.807, 2.05) is 134 Å². The van der Waals surface area contributed by atoms with Crippen molar-refractivity contribution < 1.29 is 36.4 Å². The topological polar surface area (TPSA) is 65.2 Å². The molecule has 4 nitrogen and oxygen atoms in total. The van der Waals surface area contributed by atoms with Gasteiger partial charge < -0.3 is 10.2 Å². The summed E-state index contributed by atoms with van der Waals surface area (Å²) in [5.41, 5.74) is 5.85. The van der Waals surface area contributed by atoms with Gasteiger partial charge >= 0.3 is 0 Å². The van der Waals surface area contributed by atoms with E-state index in [1.165, 1.54) is 0 Å². The molecule has 186 valence electrons. The van der Waals surface area contributed by atoms with Crippen LogP contribution in [0.4, 0.5) is 11.4 Å². The van der Waals surface area contributed by atoms with Gasteiger partial charge in [0, 0.05) is 55.3 Å². The maximum Gasteiger partial charge on any atom is 0.132 e. The molecule has 0 unspecified atom stereocenters. The van der Waals surface area contributed by atoms with E-state index in [1.54, 1.807) is 12.4 Å². The van der Waals surface area contributed by atoms with Crippen LogP contribution in [0.2, 0.25) is 0 Å². The number of benzene rings is 5. The molecule has 5 aromatic carbocycles. The second-order valence-corrected chi connectivity index (χ2v) is 8.31. The van der Waals surface area contributed by atoms with Crippen molar-refractivity contribution in [2.24, 2.45) is 9.98 Å². The molecule has 5 heteroatoms. The smallest absolute Gasteiger partial charge is 0.132 e. The van der Waals surface area contributed by atoms with Gasteiger partial charge in [0.1, 0.15) is 11.5 Å². The molecule has 0 fully saturated rings. The summed E-state index contributed by atoms with van der Waals surface area (Å²) in [5.74, 6) is 0.547. The van der Waals surface area contributed by atoms with Gasteiger partial charge in [0.2, 0.25) is 0 Å². The molecule has 0 spiro atoms. The third kappa shape index (κ3) is 7.96. The minimum atomic E-state index is 0. The first-order valence-electron chi connectivity index (χ1n) is 12.0. The Labute approximate surface area is 242 Å². The van der Waals surface area contributed by atoms with Crippen molar-refractivity contribution in [3.63, 3.8) is 0 Å². The first-order chi connectivity index (χ1) is 18.1. The van der Waals surface area contributed by atoms with E-state index in [2.05, 4.69) is 9.98 Å². The maximum absolute atomic E-state index is 10.4. The molecule has 0 atom stereocenters. The molecule has 0 amide bonds. The van der Waals surface area contributed by atoms with Gasteiger partial charge in [-0.1, -0.05) is 91.0 Å². The number of hydrogen-bond acceptors (Lipinski definition) is 4. The minimum Gasteiger partial charge on any atom is -0.507 e. The summed E-state index contributed by atoms with van der Waals surface area (Å²) >= 11 is 0. The summed E-state index contributed by atoms with van der Waals surface area (Å²) < 4.78 is 0. The van der Waals surface area contributed by atoms with Gasteiger partial charge in [-0.3, -0.25) is 9.98 Å². The number of aryl methyl sites for hydroxylation is 1. The Morgan fingerprint density at radius 2 is 0.947 bits per heavy atom. The van der Waals surface area contributed by atoms with E-state index in [0.717, 1.165) is 33.6 Å². The molecule has 0 aliphatic rings. The van der Waals surface area contributed by atoms with Gasteiger partial charge in [-0.05, 0) is 54.4 Å². The summed E-state index contributed by atoms with van der Waals surface area (Å²) in [6.45, 7) is 1.87. The fraction of sp³-hybridized carbons (Fsp3) is 0.0303. The molecule has 0 saturated carbocycles. The average molecular weight is 576 g/mol.